The lowest BCUT2D eigenvalue weighted by Crippen LogP contribution is -2.28. The number of rotatable bonds is 6. The van der Waals surface area contributed by atoms with Gasteiger partial charge in [0.2, 0.25) is 0 Å². The summed E-state index contributed by atoms with van der Waals surface area (Å²) in [6.07, 6.45) is 3.25. The van der Waals surface area contributed by atoms with Gasteiger partial charge in [-0.25, -0.2) is 0 Å². The highest BCUT2D eigenvalue weighted by molar-refractivity contribution is 7.80. The number of unbranched alkanes of at least 4 members (excludes halogenated alkanes) is 1. The van der Waals surface area contributed by atoms with Gasteiger partial charge >= 0.3 is 0 Å². The number of benzene rings is 1. The van der Waals surface area contributed by atoms with E-state index in [0.29, 0.717) is 0 Å². The van der Waals surface area contributed by atoms with Crippen molar-refractivity contribution in [2.45, 2.75) is 44.6 Å². The molecule has 0 aliphatic rings. The molecule has 90 valence electrons. The van der Waals surface area contributed by atoms with E-state index in [1.54, 1.807) is 0 Å². The molecule has 0 radical (unpaired) electrons. The van der Waals surface area contributed by atoms with Crippen molar-refractivity contribution >= 4 is 12.6 Å². The van der Waals surface area contributed by atoms with Crippen LogP contribution < -0.4 is 0 Å². The van der Waals surface area contributed by atoms with E-state index in [-0.39, 0.29) is 5.92 Å². The number of hydrogen-bond donors (Lipinski definition) is 2. The van der Waals surface area contributed by atoms with Crippen molar-refractivity contribution in [1.29, 1.82) is 0 Å². The van der Waals surface area contributed by atoms with Gasteiger partial charge in [-0.3, -0.25) is 0 Å². The molecule has 0 aromatic heterocycles. The quantitative estimate of drug-likeness (QED) is 0.572. The van der Waals surface area contributed by atoms with Crippen LogP contribution in [0.3, 0.4) is 0 Å². The Balaban J connectivity index is 2.73. The molecule has 0 heterocycles. The predicted octanol–water partition coefficient (Wildman–Crippen LogP) is 3.64. The Bertz CT molecular complexity index is 289. The predicted molar refractivity (Wildman–Crippen MR) is 73.2 cm³/mol. The van der Waals surface area contributed by atoms with Gasteiger partial charge in [-0.15, -0.1) is 0 Å². The molecular formula is C14H22OS. The minimum absolute atomic E-state index is 0.216. The average Bonchev–Trinajstić information content (AvgIpc) is 2.24. The van der Waals surface area contributed by atoms with Crippen LogP contribution >= 0.6 is 12.6 Å². The van der Waals surface area contributed by atoms with Crippen molar-refractivity contribution in [3.63, 3.8) is 0 Å². The molecule has 0 aliphatic heterocycles. The minimum atomic E-state index is -0.655. The molecule has 1 aromatic carbocycles. The first-order chi connectivity index (χ1) is 7.55. The zero-order valence-electron chi connectivity index (χ0n) is 10.2. The van der Waals surface area contributed by atoms with E-state index in [9.17, 15) is 5.11 Å². The SMILES string of the molecule is CC(C)(O)C(CCCCS)c1ccccc1. The molecule has 0 amide bonds. The van der Waals surface area contributed by atoms with Crippen molar-refractivity contribution in [2.75, 3.05) is 5.75 Å². The van der Waals surface area contributed by atoms with Crippen molar-refractivity contribution in [2.24, 2.45) is 0 Å². The van der Waals surface area contributed by atoms with Crippen molar-refractivity contribution in [1.82, 2.24) is 0 Å². The summed E-state index contributed by atoms with van der Waals surface area (Å²) in [6.45, 7) is 3.79. The molecule has 16 heavy (non-hydrogen) atoms. The van der Waals surface area contributed by atoms with Crippen molar-refractivity contribution < 1.29 is 5.11 Å². The van der Waals surface area contributed by atoms with Crippen molar-refractivity contribution in [3.8, 4) is 0 Å². The Kier molecular flexibility index (Phi) is 5.36. The fourth-order valence-electron chi connectivity index (χ4n) is 2.07. The highest BCUT2D eigenvalue weighted by atomic mass is 32.1. The molecule has 1 N–H and O–H groups in total. The van der Waals surface area contributed by atoms with Crippen LogP contribution in [0.15, 0.2) is 30.3 Å². The summed E-state index contributed by atoms with van der Waals surface area (Å²) >= 11 is 4.22. The second-order valence-corrected chi connectivity index (χ2v) is 5.28. The van der Waals surface area contributed by atoms with Gasteiger partial charge in [-0.2, -0.15) is 12.6 Å². The summed E-state index contributed by atoms with van der Waals surface area (Å²) in [7, 11) is 0. The van der Waals surface area contributed by atoms with Crippen LogP contribution in [-0.2, 0) is 0 Å². The molecule has 1 nitrogen and oxygen atoms in total. The van der Waals surface area contributed by atoms with Gasteiger partial charge in [0.1, 0.15) is 0 Å². The van der Waals surface area contributed by atoms with E-state index in [1.807, 2.05) is 32.0 Å². The standard InChI is InChI=1S/C14H22OS/c1-14(2,15)13(10-6-7-11-16)12-8-4-3-5-9-12/h3-5,8-9,13,15-16H,6-7,10-11H2,1-2H3. The summed E-state index contributed by atoms with van der Waals surface area (Å²) in [6, 6.07) is 10.3. The molecule has 0 saturated heterocycles. The molecule has 0 fully saturated rings. The monoisotopic (exact) mass is 238 g/mol. The van der Waals surface area contributed by atoms with E-state index in [1.165, 1.54) is 5.56 Å². The second-order valence-electron chi connectivity index (χ2n) is 4.84. The van der Waals surface area contributed by atoms with Gasteiger partial charge in [0.05, 0.1) is 5.60 Å². The summed E-state index contributed by atoms with van der Waals surface area (Å²) in [4.78, 5) is 0. The van der Waals surface area contributed by atoms with Crippen LogP contribution in [0.5, 0.6) is 0 Å². The zero-order valence-corrected chi connectivity index (χ0v) is 11.1. The Morgan fingerprint density at radius 3 is 2.31 bits per heavy atom. The second kappa shape index (κ2) is 6.31. The lowest BCUT2D eigenvalue weighted by Gasteiger charge is -2.30. The third-order valence-corrected chi connectivity index (χ3v) is 3.27. The third kappa shape index (κ3) is 4.18. The van der Waals surface area contributed by atoms with Gasteiger partial charge in [0, 0.05) is 5.92 Å². The summed E-state index contributed by atoms with van der Waals surface area (Å²) < 4.78 is 0. The van der Waals surface area contributed by atoms with E-state index in [0.717, 1.165) is 25.0 Å². The van der Waals surface area contributed by atoms with Crippen LogP contribution in [0.1, 0.15) is 44.6 Å². The van der Waals surface area contributed by atoms with Crippen LogP contribution in [0, 0.1) is 0 Å². The Morgan fingerprint density at radius 1 is 1.19 bits per heavy atom. The summed E-state index contributed by atoms with van der Waals surface area (Å²) in [5, 5.41) is 10.2. The first kappa shape index (κ1) is 13.6. The maximum absolute atomic E-state index is 10.2. The molecule has 0 bridgehead atoms. The molecular weight excluding hydrogens is 216 g/mol. The minimum Gasteiger partial charge on any atom is -0.390 e. The third-order valence-electron chi connectivity index (χ3n) is 2.96. The van der Waals surface area contributed by atoms with Crippen LogP contribution in [0.2, 0.25) is 0 Å². The van der Waals surface area contributed by atoms with Crippen LogP contribution in [0.4, 0.5) is 0 Å². The van der Waals surface area contributed by atoms with E-state index >= 15 is 0 Å². The van der Waals surface area contributed by atoms with Crippen LogP contribution in [-0.4, -0.2) is 16.5 Å². The summed E-state index contributed by atoms with van der Waals surface area (Å²) in [5.41, 5.74) is 0.576. The first-order valence-electron chi connectivity index (χ1n) is 5.94. The first-order valence-corrected chi connectivity index (χ1v) is 6.57. The smallest absolute Gasteiger partial charge is 0.0659 e. The fraction of sp³-hybridized carbons (Fsp3) is 0.571. The lowest BCUT2D eigenvalue weighted by atomic mass is 9.81. The topological polar surface area (TPSA) is 20.2 Å². The lowest BCUT2D eigenvalue weighted by molar-refractivity contribution is 0.0458. The molecule has 2 heteroatoms. The molecule has 0 saturated carbocycles. The number of thiol groups is 1. The average molecular weight is 238 g/mol. The van der Waals surface area contributed by atoms with Gasteiger partial charge in [-0.05, 0) is 38.0 Å². The normalized spacial score (nSPS) is 13.8. The molecule has 0 spiro atoms. The maximum atomic E-state index is 10.2. The Labute approximate surface area is 104 Å². The fourth-order valence-corrected chi connectivity index (χ4v) is 2.30. The molecule has 1 atom stereocenters. The van der Waals surface area contributed by atoms with E-state index < -0.39 is 5.60 Å². The van der Waals surface area contributed by atoms with Gasteiger partial charge < -0.3 is 5.11 Å². The summed E-state index contributed by atoms with van der Waals surface area (Å²) in [5.74, 6) is 1.14. The van der Waals surface area contributed by atoms with Crippen molar-refractivity contribution in [3.05, 3.63) is 35.9 Å². The molecule has 1 unspecified atom stereocenters. The highest BCUT2D eigenvalue weighted by Crippen LogP contribution is 2.32. The van der Waals surface area contributed by atoms with E-state index in [4.69, 9.17) is 0 Å². The van der Waals surface area contributed by atoms with Gasteiger partial charge in [0.15, 0.2) is 0 Å². The largest absolute Gasteiger partial charge is 0.390 e. The number of hydrogen-bond acceptors (Lipinski definition) is 2. The highest BCUT2D eigenvalue weighted by Gasteiger charge is 2.27. The molecule has 0 aliphatic carbocycles. The van der Waals surface area contributed by atoms with Crippen LogP contribution in [0.25, 0.3) is 0 Å². The van der Waals surface area contributed by atoms with E-state index in [2.05, 4.69) is 24.8 Å². The Morgan fingerprint density at radius 2 is 1.81 bits per heavy atom. The number of aliphatic hydroxyl groups is 1. The van der Waals surface area contributed by atoms with Gasteiger partial charge in [-0.1, -0.05) is 36.8 Å². The maximum Gasteiger partial charge on any atom is 0.0659 e. The Hall–Kier alpha value is -0.470. The zero-order chi connectivity index (χ0) is 12.0. The van der Waals surface area contributed by atoms with Gasteiger partial charge in [0.25, 0.3) is 0 Å². The molecule has 1 rings (SSSR count). The molecule has 1 aromatic rings.